The Hall–Kier alpha value is -1.48. The van der Waals surface area contributed by atoms with E-state index in [1.165, 1.54) is 28.8 Å². The lowest BCUT2D eigenvalue weighted by Gasteiger charge is -2.30. The van der Waals surface area contributed by atoms with Gasteiger partial charge >= 0.3 is 0 Å². The van der Waals surface area contributed by atoms with E-state index >= 15 is 0 Å². The van der Waals surface area contributed by atoms with E-state index in [9.17, 15) is 17.2 Å². The highest BCUT2D eigenvalue weighted by Gasteiger charge is 2.25. The van der Waals surface area contributed by atoms with Gasteiger partial charge in [-0.25, -0.2) is 21.9 Å². The summed E-state index contributed by atoms with van der Waals surface area (Å²) in [5.74, 6) is -1.38. The van der Waals surface area contributed by atoms with Crippen molar-refractivity contribution in [2.45, 2.75) is 56.4 Å². The molecule has 0 heterocycles. The SMILES string of the molecule is CCc1ccc2c(c1)[C@H](NC[C@@H](S)[C@H](Cc1cc(F)cc(F)c1)NS(C)(=O)=O)CCC2. The van der Waals surface area contributed by atoms with E-state index in [-0.39, 0.29) is 17.7 Å². The van der Waals surface area contributed by atoms with Crippen LogP contribution in [0.15, 0.2) is 36.4 Å². The minimum Gasteiger partial charge on any atom is -0.309 e. The zero-order valence-electron chi connectivity index (χ0n) is 17.9. The zero-order valence-corrected chi connectivity index (χ0v) is 19.6. The molecule has 0 fully saturated rings. The highest BCUT2D eigenvalue weighted by atomic mass is 32.2. The highest BCUT2D eigenvalue weighted by Crippen LogP contribution is 2.31. The monoisotopic (exact) mass is 468 g/mol. The smallest absolute Gasteiger partial charge is 0.208 e. The second-order valence-corrected chi connectivity index (χ2v) is 10.7. The molecule has 0 aliphatic heterocycles. The Labute approximate surface area is 189 Å². The van der Waals surface area contributed by atoms with Crippen LogP contribution in [0.5, 0.6) is 0 Å². The van der Waals surface area contributed by atoms with E-state index in [1.807, 2.05) is 0 Å². The van der Waals surface area contributed by atoms with Gasteiger partial charge in [-0.3, -0.25) is 0 Å². The number of rotatable bonds is 9. The average molecular weight is 469 g/mol. The largest absolute Gasteiger partial charge is 0.309 e. The predicted octanol–water partition coefficient (Wildman–Crippen LogP) is 3.95. The second kappa shape index (κ2) is 10.4. The standard InChI is InChI=1S/C23H30F2N2O2S2/c1-3-15-7-8-17-5-4-6-21(20(17)11-15)26-14-23(30)22(27-31(2,28)29)12-16-9-18(24)13-19(25)10-16/h7-11,13,21-23,26-27,30H,3-6,12,14H2,1-2H3/t21-,22+,23-/m1/s1. The first-order valence-electron chi connectivity index (χ1n) is 10.6. The number of hydrogen-bond donors (Lipinski definition) is 3. The molecule has 0 saturated heterocycles. The van der Waals surface area contributed by atoms with Gasteiger partial charge in [0.25, 0.3) is 0 Å². The van der Waals surface area contributed by atoms with Crippen LogP contribution in [0.1, 0.15) is 48.1 Å². The van der Waals surface area contributed by atoms with Crippen molar-refractivity contribution >= 4 is 22.7 Å². The summed E-state index contributed by atoms with van der Waals surface area (Å²) in [7, 11) is -3.52. The number of hydrogen-bond acceptors (Lipinski definition) is 4. The molecule has 4 nitrogen and oxygen atoms in total. The maximum Gasteiger partial charge on any atom is 0.208 e. The van der Waals surface area contributed by atoms with Crippen molar-refractivity contribution in [3.05, 3.63) is 70.3 Å². The van der Waals surface area contributed by atoms with Crippen LogP contribution in [0.4, 0.5) is 8.78 Å². The summed E-state index contributed by atoms with van der Waals surface area (Å²) in [6.45, 7) is 2.59. The van der Waals surface area contributed by atoms with E-state index < -0.39 is 27.7 Å². The quantitative estimate of drug-likeness (QED) is 0.489. The number of sulfonamides is 1. The first-order chi connectivity index (χ1) is 14.6. The van der Waals surface area contributed by atoms with Crippen LogP contribution in [-0.4, -0.2) is 32.5 Å². The Bertz CT molecular complexity index is 994. The molecular formula is C23H30F2N2O2S2. The van der Waals surface area contributed by atoms with Gasteiger partial charge < -0.3 is 5.32 Å². The molecule has 2 aromatic rings. The molecule has 1 aliphatic carbocycles. The molecule has 8 heteroatoms. The van der Waals surface area contributed by atoms with Crippen molar-refractivity contribution < 1.29 is 17.2 Å². The van der Waals surface area contributed by atoms with Gasteiger partial charge in [-0.2, -0.15) is 12.6 Å². The van der Waals surface area contributed by atoms with Crippen molar-refractivity contribution in [2.24, 2.45) is 0 Å². The zero-order chi connectivity index (χ0) is 22.6. The summed E-state index contributed by atoms with van der Waals surface area (Å²) in [5, 5.41) is 3.16. The molecule has 0 amide bonds. The number of nitrogens with one attached hydrogen (secondary N) is 2. The third-order valence-corrected chi connectivity index (χ3v) is 6.99. The molecular weight excluding hydrogens is 438 g/mol. The average Bonchev–Trinajstić information content (AvgIpc) is 2.69. The Morgan fingerprint density at radius 2 is 1.84 bits per heavy atom. The van der Waals surface area contributed by atoms with Gasteiger partial charge in [0.05, 0.1) is 6.26 Å². The van der Waals surface area contributed by atoms with Crippen molar-refractivity contribution in [1.29, 1.82) is 0 Å². The summed E-state index contributed by atoms with van der Waals surface area (Å²) in [4.78, 5) is 0. The van der Waals surface area contributed by atoms with Crippen LogP contribution < -0.4 is 10.0 Å². The maximum absolute atomic E-state index is 13.6. The molecule has 1 aliphatic rings. The summed E-state index contributed by atoms with van der Waals surface area (Å²) >= 11 is 4.65. The number of benzene rings is 2. The lowest BCUT2D eigenvalue weighted by molar-refractivity contribution is 0.438. The van der Waals surface area contributed by atoms with Crippen LogP contribution in [0, 0.1) is 11.6 Å². The van der Waals surface area contributed by atoms with E-state index in [0.717, 1.165) is 38.0 Å². The first-order valence-corrected chi connectivity index (χ1v) is 13.0. The van der Waals surface area contributed by atoms with Gasteiger partial charge in [0, 0.05) is 29.9 Å². The molecule has 31 heavy (non-hydrogen) atoms. The molecule has 2 N–H and O–H groups in total. The lowest BCUT2D eigenvalue weighted by Crippen LogP contribution is -2.46. The second-order valence-electron chi connectivity index (χ2n) is 8.29. The molecule has 3 rings (SSSR count). The van der Waals surface area contributed by atoms with E-state index in [2.05, 4.69) is 47.8 Å². The van der Waals surface area contributed by atoms with Gasteiger partial charge in [-0.15, -0.1) is 0 Å². The fourth-order valence-electron chi connectivity index (χ4n) is 4.20. The molecule has 170 valence electrons. The third-order valence-electron chi connectivity index (χ3n) is 5.71. The number of aryl methyl sites for hydroxylation is 2. The summed E-state index contributed by atoms with van der Waals surface area (Å²) in [6.07, 6.45) is 5.33. The molecule has 0 spiro atoms. The van der Waals surface area contributed by atoms with E-state index in [0.29, 0.717) is 12.1 Å². The van der Waals surface area contributed by atoms with Gasteiger partial charge in [-0.05, 0) is 66.5 Å². The van der Waals surface area contributed by atoms with Gasteiger partial charge in [-0.1, -0.05) is 25.1 Å². The van der Waals surface area contributed by atoms with Crippen molar-refractivity contribution in [2.75, 3.05) is 12.8 Å². The normalized spacial score (nSPS) is 18.4. The Morgan fingerprint density at radius 3 is 2.48 bits per heavy atom. The van der Waals surface area contributed by atoms with Crippen LogP contribution in [0.25, 0.3) is 0 Å². The minimum absolute atomic E-state index is 0.138. The summed E-state index contributed by atoms with van der Waals surface area (Å²) in [6, 6.07) is 9.43. The molecule has 0 bridgehead atoms. The van der Waals surface area contributed by atoms with Crippen LogP contribution in [-0.2, 0) is 29.3 Å². The molecule has 0 saturated carbocycles. The highest BCUT2D eigenvalue weighted by molar-refractivity contribution is 7.88. The first kappa shape index (κ1) is 24.2. The van der Waals surface area contributed by atoms with E-state index in [4.69, 9.17) is 0 Å². The summed E-state index contributed by atoms with van der Waals surface area (Å²) in [5.41, 5.74) is 4.32. The van der Waals surface area contributed by atoms with Crippen molar-refractivity contribution in [1.82, 2.24) is 10.0 Å². The van der Waals surface area contributed by atoms with Crippen LogP contribution >= 0.6 is 12.6 Å². The number of fused-ring (bicyclic) bond motifs is 1. The maximum atomic E-state index is 13.6. The molecule has 0 unspecified atom stereocenters. The van der Waals surface area contributed by atoms with E-state index in [1.54, 1.807) is 0 Å². The minimum atomic E-state index is -3.52. The van der Waals surface area contributed by atoms with Crippen LogP contribution in [0.2, 0.25) is 0 Å². The van der Waals surface area contributed by atoms with Gasteiger partial charge in [0.1, 0.15) is 11.6 Å². The van der Waals surface area contributed by atoms with Crippen molar-refractivity contribution in [3.63, 3.8) is 0 Å². The van der Waals surface area contributed by atoms with Gasteiger partial charge in [0.15, 0.2) is 0 Å². The third kappa shape index (κ3) is 7.00. The van der Waals surface area contributed by atoms with Crippen molar-refractivity contribution in [3.8, 4) is 0 Å². The fraction of sp³-hybridized carbons (Fsp3) is 0.478. The lowest BCUT2D eigenvalue weighted by atomic mass is 9.86. The Balaban J connectivity index is 1.73. The summed E-state index contributed by atoms with van der Waals surface area (Å²) < 4.78 is 53.6. The van der Waals surface area contributed by atoms with Gasteiger partial charge in [0.2, 0.25) is 10.0 Å². The Morgan fingerprint density at radius 1 is 1.13 bits per heavy atom. The topological polar surface area (TPSA) is 58.2 Å². The molecule has 3 atom stereocenters. The Kier molecular flexibility index (Phi) is 8.13. The predicted molar refractivity (Wildman–Crippen MR) is 124 cm³/mol. The molecule has 0 radical (unpaired) electrons. The number of halogens is 2. The van der Waals surface area contributed by atoms with Crippen LogP contribution in [0.3, 0.4) is 0 Å². The fourth-order valence-corrected chi connectivity index (χ4v) is 5.38. The number of thiol groups is 1. The molecule has 2 aromatic carbocycles. The molecule has 0 aromatic heterocycles.